The molecular weight excluding hydrogens is 532 g/mol. The number of aliphatic hydroxyl groups excluding tert-OH is 1. The molecule has 0 amide bonds. The van der Waals surface area contributed by atoms with Gasteiger partial charge in [0.2, 0.25) is 0 Å². The van der Waals surface area contributed by atoms with Gasteiger partial charge in [-0.15, -0.1) is 0 Å². The van der Waals surface area contributed by atoms with Crippen LogP contribution in [0.25, 0.3) is 0 Å². The predicted octanol–water partition coefficient (Wildman–Crippen LogP) is 11.3. The molecule has 0 aliphatic heterocycles. The number of esters is 1. The van der Waals surface area contributed by atoms with Crippen LogP contribution in [0, 0.1) is 0 Å². The monoisotopic (exact) mass is 601 g/mol. The van der Waals surface area contributed by atoms with E-state index in [2.05, 4.69) is 74.6 Å². The smallest absolute Gasteiger partial charge is 0.306 e. The van der Waals surface area contributed by atoms with Gasteiger partial charge in [-0.2, -0.15) is 0 Å². The molecule has 0 saturated carbocycles. The Morgan fingerprint density at radius 1 is 0.581 bits per heavy atom. The second-order valence-corrected chi connectivity index (χ2v) is 11.6. The number of allylic oxidation sites excluding steroid dienone is 10. The van der Waals surface area contributed by atoms with Crippen LogP contribution in [0.3, 0.4) is 0 Å². The van der Waals surface area contributed by atoms with Crippen molar-refractivity contribution < 1.29 is 19.4 Å². The van der Waals surface area contributed by atoms with E-state index in [1.54, 1.807) is 0 Å². The van der Waals surface area contributed by atoms with Crippen LogP contribution in [0.5, 0.6) is 0 Å². The number of ether oxygens (including phenoxy) is 2. The maximum atomic E-state index is 12.1. The van der Waals surface area contributed by atoms with Crippen LogP contribution in [0.1, 0.15) is 155 Å². The highest BCUT2D eigenvalue weighted by Gasteiger charge is 2.13. The summed E-state index contributed by atoms with van der Waals surface area (Å²) in [5, 5.41) is 9.54. The zero-order valence-corrected chi connectivity index (χ0v) is 28.2. The minimum Gasteiger partial charge on any atom is -0.457 e. The summed E-state index contributed by atoms with van der Waals surface area (Å²) in [6, 6.07) is 0. The Balaban J connectivity index is 3.55. The van der Waals surface area contributed by atoms with Crippen LogP contribution in [0.2, 0.25) is 0 Å². The molecule has 0 bridgehead atoms. The van der Waals surface area contributed by atoms with E-state index < -0.39 is 6.10 Å². The third-order valence-electron chi connectivity index (χ3n) is 7.33. The lowest BCUT2D eigenvalue weighted by Crippen LogP contribution is -2.27. The van der Waals surface area contributed by atoms with Crippen molar-refractivity contribution in [2.75, 3.05) is 19.8 Å². The van der Waals surface area contributed by atoms with Crippen molar-refractivity contribution in [3.63, 3.8) is 0 Å². The Labute approximate surface area is 266 Å². The van der Waals surface area contributed by atoms with Gasteiger partial charge in [-0.1, -0.05) is 132 Å². The zero-order valence-electron chi connectivity index (χ0n) is 28.2. The van der Waals surface area contributed by atoms with Gasteiger partial charge < -0.3 is 14.6 Å². The number of carbonyl (C=O) groups is 1. The molecule has 1 atom stereocenters. The normalized spacial score (nSPS) is 13.1. The molecule has 248 valence electrons. The Morgan fingerprint density at radius 3 is 1.60 bits per heavy atom. The third-order valence-corrected chi connectivity index (χ3v) is 7.33. The molecule has 0 rings (SSSR count). The number of unbranched alkanes of at least 4 members (excludes halogenated alkanes) is 14. The van der Waals surface area contributed by atoms with Gasteiger partial charge >= 0.3 is 5.97 Å². The molecule has 1 N–H and O–H groups in total. The summed E-state index contributed by atoms with van der Waals surface area (Å²) in [6.07, 6.45) is 46.9. The number of hydrogen-bond acceptors (Lipinski definition) is 4. The second-order valence-electron chi connectivity index (χ2n) is 11.6. The summed E-state index contributed by atoms with van der Waals surface area (Å²) in [6.45, 7) is 5.16. The molecule has 0 spiro atoms. The van der Waals surface area contributed by atoms with Crippen molar-refractivity contribution >= 4 is 5.97 Å². The molecule has 0 aliphatic rings. The highest BCUT2D eigenvalue weighted by Crippen LogP contribution is 2.10. The first-order valence-electron chi connectivity index (χ1n) is 17.9. The van der Waals surface area contributed by atoms with Gasteiger partial charge in [-0.05, 0) is 77.0 Å². The SMILES string of the molecule is CC/C=C\C/C=C\C/C=C\C/C=C\CCCCC(=O)OC(CO)COCCCCCCCC/C=C\CCCCCCCC. The van der Waals surface area contributed by atoms with Crippen molar-refractivity contribution in [3.05, 3.63) is 60.8 Å². The van der Waals surface area contributed by atoms with Crippen molar-refractivity contribution in [2.24, 2.45) is 0 Å². The van der Waals surface area contributed by atoms with Crippen LogP contribution in [0.4, 0.5) is 0 Å². The molecule has 4 heteroatoms. The molecule has 0 fully saturated rings. The fraction of sp³-hybridized carbons (Fsp3) is 0.718. The largest absolute Gasteiger partial charge is 0.457 e. The molecule has 0 saturated heterocycles. The van der Waals surface area contributed by atoms with Crippen LogP contribution in [0.15, 0.2) is 60.8 Å². The zero-order chi connectivity index (χ0) is 31.3. The third kappa shape index (κ3) is 34.4. The average Bonchev–Trinajstić information content (AvgIpc) is 3.01. The number of hydrogen-bond donors (Lipinski definition) is 1. The van der Waals surface area contributed by atoms with Gasteiger partial charge in [0.05, 0.1) is 13.2 Å². The van der Waals surface area contributed by atoms with Crippen LogP contribution in [-0.4, -0.2) is 37.0 Å². The standard InChI is InChI=1S/C39H68O4/c1-3-5-7-9-11-13-15-17-19-21-23-25-27-29-31-33-35-42-37-38(36-40)43-39(41)34-32-30-28-26-24-22-20-18-16-14-12-10-8-6-4-2/h6,8,12,14,17-20,24,26,38,40H,3-5,7,9-11,13,15-16,21-23,25,27-37H2,1-2H3/b8-6-,14-12-,19-17-,20-18-,26-24-. The van der Waals surface area contributed by atoms with Crippen molar-refractivity contribution in [3.8, 4) is 0 Å². The Bertz CT molecular complexity index is 719. The van der Waals surface area contributed by atoms with E-state index >= 15 is 0 Å². The first-order chi connectivity index (χ1) is 21.2. The van der Waals surface area contributed by atoms with Crippen LogP contribution >= 0.6 is 0 Å². The van der Waals surface area contributed by atoms with Crippen molar-refractivity contribution in [1.82, 2.24) is 0 Å². The maximum Gasteiger partial charge on any atom is 0.306 e. The minimum atomic E-state index is -0.559. The highest BCUT2D eigenvalue weighted by molar-refractivity contribution is 5.69. The van der Waals surface area contributed by atoms with Gasteiger partial charge in [0.25, 0.3) is 0 Å². The lowest BCUT2D eigenvalue weighted by atomic mass is 10.1. The van der Waals surface area contributed by atoms with Gasteiger partial charge in [0, 0.05) is 13.0 Å². The molecule has 0 aliphatic carbocycles. The summed E-state index contributed by atoms with van der Waals surface area (Å²) in [4.78, 5) is 12.1. The van der Waals surface area contributed by atoms with E-state index in [0.29, 0.717) is 13.0 Å². The fourth-order valence-electron chi connectivity index (χ4n) is 4.66. The van der Waals surface area contributed by atoms with E-state index in [-0.39, 0.29) is 19.2 Å². The topological polar surface area (TPSA) is 55.8 Å². The van der Waals surface area contributed by atoms with Crippen molar-refractivity contribution in [2.45, 2.75) is 161 Å². The van der Waals surface area contributed by atoms with E-state index in [4.69, 9.17) is 9.47 Å². The predicted molar refractivity (Wildman–Crippen MR) is 186 cm³/mol. The minimum absolute atomic E-state index is 0.193. The molecule has 0 radical (unpaired) electrons. The fourth-order valence-corrected chi connectivity index (χ4v) is 4.66. The number of carbonyl (C=O) groups excluding carboxylic acids is 1. The first-order valence-corrected chi connectivity index (χ1v) is 17.9. The molecule has 4 nitrogen and oxygen atoms in total. The second kappa shape index (κ2) is 36.3. The van der Waals surface area contributed by atoms with Crippen LogP contribution < -0.4 is 0 Å². The number of rotatable bonds is 32. The lowest BCUT2D eigenvalue weighted by Gasteiger charge is -2.15. The summed E-state index contributed by atoms with van der Waals surface area (Å²) in [5.41, 5.74) is 0. The Morgan fingerprint density at radius 2 is 1.05 bits per heavy atom. The molecular formula is C39H68O4. The van der Waals surface area contributed by atoms with Crippen molar-refractivity contribution in [1.29, 1.82) is 0 Å². The molecule has 1 unspecified atom stereocenters. The number of aliphatic hydroxyl groups is 1. The summed E-state index contributed by atoms with van der Waals surface area (Å²) in [5.74, 6) is -0.245. The van der Waals surface area contributed by atoms with Gasteiger partial charge in [-0.3, -0.25) is 4.79 Å². The lowest BCUT2D eigenvalue weighted by molar-refractivity contribution is -0.154. The molecule has 0 heterocycles. The van der Waals surface area contributed by atoms with Gasteiger partial charge in [-0.25, -0.2) is 0 Å². The molecule has 43 heavy (non-hydrogen) atoms. The molecule has 0 aromatic carbocycles. The quantitative estimate of drug-likeness (QED) is 0.0474. The first kappa shape index (κ1) is 41.1. The summed E-state index contributed by atoms with van der Waals surface area (Å²) < 4.78 is 11.1. The highest BCUT2D eigenvalue weighted by atomic mass is 16.6. The summed E-state index contributed by atoms with van der Waals surface area (Å²) in [7, 11) is 0. The molecule has 0 aromatic heterocycles. The average molecular weight is 601 g/mol. The Kier molecular flexibility index (Phi) is 34.7. The van der Waals surface area contributed by atoms with E-state index in [0.717, 1.165) is 57.8 Å². The van der Waals surface area contributed by atoms with Crippen LogP contribution in [-0.2, 0) is 14.3 Å². The van der Waals surface area contributed by atoms with E-state index in [1.807, 2.05) is 0 Å². The summed E-state index contributed by atoms with van der Waals surface area (Å²) >= 11 is 0. The molecule has 0 aromatic rings. The van der Waals surface area contributed by atoms with Gasteiger partial charge in [0.15, 0.2) is 0 Å². The van der Waals surface area contributed by atoms with E-state index in [1.165, 1.54) is 77.0 Å². The Hall–Kier alpha value is -1.91. The van der Waals surface area contributed by atoms with Gasteiger partial charge in [0.1, 0.15) is 6.10 Å². The maximum absolute atomic E-state index is 12.1. The van der Waals surface area contributed by atoms with E-state index in [9.17, 15) is 9.90 Å².